The van der Waals surface area contributed by atoms with Gasteiger partial charge in [0.25, 0.3) is 0 Å². The van der Waals surface area contributed by atoms with Crippen molar-refractivity contribution in [1.29, 1.82) is 0 Å². The molecule has 0 aromatic carbocycles. The van der Waals surface area contributed by atoms with Gasteiger partial charge in [-0.1, -0.05) is 54.2 Å². The Morgan fingerprint density at radius 1 is 1.06 bits per heavy atom. The van der Waals surface area contributed by atoms with Crippen molar-refractivity contribution < 1.29 is 0 Å². The van der Waals surface area contributed by atoms with Crippen molar-refractivity contribution >= 4 is 0 Å². The van der Waals surface area contributed by atoms with Gasteiger partial charge in [-0.15, -0.1) is 0 Å². The molecular weight excluding hydrogens is 206 g/mol. The lowest BCUT2D eigenvalue weighted by Gasteiger charge is -2.34. The molecule has 0 spiro atoms. The summed E-state index contributed by atoms with van der Waals surface area (Å²) >= 11 is 0. The van der Waals surface area contributed by atoms with Crippen molar-refractivity contribution in [2.45, 2.75) is 66.7 Å². The fourth-order valence-electron chi connectivity index (χ4n) is 2.45. The minimum Gasteiger partial charge on any atom is -0.399 e. The van der Waals surface area contributed by atoms with Crippen molar-refractivity contribution in [1.82, 2.24) is 0 Å². The first kappa shape index (κ1) is 16.3. The molecular formula is C16H31N. The monoisotopic (exact) mass is 237 g/mol. The molecule has 100 valence electrons. The number of hydrogen-bond acceptors (Lipinski definition) is 1. The van der Waals surface area contributed by atoms with Crippen LogP contribution < -0.4 is 5.73 Å². The third kappa shape index (κ3) is 7.25. The first-order valence-corrected chi connectivity index (χ1v) is 6.72. The van der Waals surface area contributed by atoms with Crippen LogP contribution in [0.4, 0.5) is 0 Å². The van der Waals surface area contributed by atoms with Crippen LogP contribution in [0.1, 0.15) is 66.7 Å². The van der Waals surface area contributed by atoms with E-state index >= 15 is 0 Å². The van der Waals surface area contributed by atoms with Gasteiger partial charge >= 0.3 is 0 Å². The van der Waals surface area contributed by atoms with Gasteiger partial charge in [0.1, 0.15) is 0 Å². The minimum absolute atomic E-state index is 0.399. The summed E-state index contributed by atoms with van der Waals surface area (Å²) in [7, 11) is 0. The number of allylic oxidation sites excluding steroid dienone is 1. The lowest BCUT2D eigenvalue weighted by Crippen LogP contribution is -2.22. The smallest absolute Gasteiger partial charge is 0.0267 e. The third-order valence-electron chi connectivity index (χ3n) is 3.70. The highest BCUT2D eigenvalue weighted by molar-refractivity contribution is 5.21. The highest BCUT2D eigenvalue weighted by Gasteiger charge is 2.26. The molecule has 0 amide bonds. The van der Waals surface area contributed by atoms with E-state index < -0.39 is 0 Å². The van der Waals surface area contributed by atoms with Crippen molar-refractivity contribution in [3.63, 3.8) is 0 Å². The normalized spacial score (nSPS) is 12.5. The second-order valence-corrected chi connectivity index (χ2v) is 6.84. The van der Waals surface area contributed by atoms with Gasteiger partial charge in [0.2, 0.25) is 0 Å². The molecule has 17 heavy (non-hydrogen) atoms. The second-order valence-electron chi connectivity index (χ2n) is 6.84. The summed E-state index contributed by atoms with van der Waals surface area (Å²) in [6.45, 7) is 19.4. The molecule has 0 heterocycles. The molecule has 0 fully saturated rings. The van der Waals surface area contributed by atoms with Crippen LogP contribution in [-0.4, -0.2) is 0 Å². The van der Waals surface area contributed by atoms with Gasteiger partial charge < -0.3 is 5.73 Å². The molecule has 0 rings (SSSR count). The maximum absolute atomic E-state index is 5.62. The number of nitrogens with two attached hydrogens (primary N) is 1. The van der Waals surface area contributed by atoms with Crippen molar-refractivity contribution in [2.75, 3.05) is 0 Å². The maximum Gasteiger partial charge on any atom is 0.0267 e. The van der Waals surface area contributed by atoms with E-state index in [1.807, 2.05) is 0 Å². The zero-order valence-electron chi connectivity index (χ0n) is 12.5. The first-order chi connectivity index (χ1) is 7.59. The van der Waals surface area contributed by atoms with E-state index in [1.165, 1.54) is 19.3 Å². The van der Waals surface area contributed by atoms with Crippen LogP contribution in [-0.2, 0) is 0 Å². The summed E-state index contributed by atoms with van der Waals surface area (Å²) in [5, 5.41) is 0. The van der Waals surface area contributed by atoms with Gasteiger partial charge in [-0.2, -0.15) is 0 Å². The van der Waals surface area contributed by atoms with Crippen molar-refractivity contribution in [3.05, 3.63) is 24.4 Å². The Bertz CT molecular complexity index is 271. The predicted molar refractivity (Wildman–Crippen MR) is 78.8 cm³/mol. The standard InChI is InChI=1S/C16H31N/c1-8-15(4,5)12-16(6,7)11-9-10-13(2)14(3)17/h2-3,8-12,17H2,1,4-7H3. The van der Waals surface area contributed by atoms with Crippen LogP contribution in [0.3, 0.4) is 0 Å². The second kappa shape index (κ2) is 6.28. The molecule has 0 atom stereocenters. The minimum atomic E-state index is 0.399. The molecule has 0 aromatic heterocycles. The number of hydrogen-bond donors (Lipinski definition) is 1. The third-order valence-corrected chi connectivity index (χ3v) is 3.70. The molecule has 0 aliphatic heterocycles. The van der Waals surface area contributed by atoms with Gasteiger partial charge in [-0.3, -0.25) is 0 Å². The van der Waals surface area contributed by atoms with Crippen LogP contribution in [0.25, 0.3) is 0 Å². The van der Waals surface area contributed by atoms with Gasteiger partial charge in [0.15, 0.2) is 0 Å². The van der Waals surface area contributed by atoms with Gasteiger partial charge in [-0.05, 0) is 42.1 Å². The SMILES string of the molecule is C=C(N)C(=C)CCCC(C)(C)CC(C)(C)CC. The molecule has 1 heteroatoms. The Labute approximate surface area is 108 Å². The zero-order chi connectivity index (χ0) is 13.7. The van der Waals surface area contributed by atoms with Crippen molar-refractivity contribution in [2.24, 2.45) is 16.6 Å². The van der Waals surface area contributed by atoms with Crippen LogP contribution >= 0.6 is 0 Å². The molecule has 0 saturated carbocycles. The molecule has 2 N–H and O–H groups in total. The summed E-state index contributed by atoms with van der Waals surface area (Å²) < 4.78 is 0. The van der Waals surface area contributed by atoms with Crippen LogP contribution in [0, 0.1) is 10.8 Å². The molecule has 0 aliphatic carbocycles. The van der Waals surface area contributed by atoms with E-state index in [2.05, 4.69) is 47.8 Å². The van der Waals surface area contributed by atoms with E-state index in [9.17, 15) is 0 Å². The van der Waals surface area contributed by atoms with E-state index in [0.717, 1.165) is 18.4 Å². The molecule has 0 aromatic rings. The fourth-order valence-corrected chi connectivity index (χ4v) is 2.45. The van der Waals surface area contributed by atoms with E-state index in [1.54, 1.807) is 0 Å². The average molecular weight is 237 g/mol. The zero-order valence-corrected chi connectivity index (χ0v) is 12.5. The van der Waals surface area contributed by atoms with E-state index in [-0.39, 0.29) is 0 Å². The topological polar surface area (TPSA) is 26.0 Å². The lowest BCUT2D eigenvalue weighted by molar-refractivity contribution is 0.174. The lowest BCUT2D eigenvalue weighted by atomic mass is 9.71. The molecule has 0 bridgehead atoms. The molecule has 0 radical (unpaired) electrons. The van der Waals surface area contributed by atoms with E-state index in [0.29, 0.717) is 16.5 Å². The maximum atomic E-state index is 5.62. The molecule has 0 saturated heterocycles. The average Bonchev–Trinajstić information content (AvgIpc) is 2.15. The van der Waals surface area contributed by atoms with E-state index in [4.69, 9.17) is 5.73 Å². The van der Waals surface area contributed by atoms with Crippen LogP contribution in [0.5, 0.6) is 0 Å². The highest BCUT2D eigenvalue weighted by atomic mass is 14.6. The Morgan fingerprint density at radius 3 is 2.00 bits per heavy atom. The summed E-state index contributed by atoms with van der Waals surface area (Å²) in [5.74, 6) is 0. The Hall–Kier alpha value is -0.720. The van der Waals surface area contributed by atoms with Crippen LogP contribution in [0.15, 0.2) is 24.4 Å². The summed E-state index contributed by atoms with van der Waals surface area (Å²) in [6, 6.07) is 0. The predicted octanol–water partition coefficient (Wildman–Crippen LogP) is 5.04. The molecule has 0 aliphatic rings. The van der Waals surface area contributed by atoms with Gasteiger partial charge in [-0.25, -0.2) is 0 Å². The summed E-state index contributed by atoms with van der Waals surface area (Å²) in [5.41, 5.74) is 8.09. The fraction of sp³-hybridized carbons (Fsp3) is 0.750. The van der Waals surface area contributed by atoms with Gasteiger partial charge in [0.05, 0.1) is 0 Å². The number of rotatable bonds is 8. The quantitative estimate of drug-likeness (QED) is 0.588. The molecule has 0 unspecified atom stereocenters. The van der Waals surface area contributed by atoms with Crippen molar-refractivity contribution in [3.8, 4) is 0 Å². The van der Waals surface area contributed by atoms with Crippen LogP contribution in [0.2, 0.25) is 0 Å². The Balaban J connectivity index is 4.10. The summed E-state index contributed by atoms with van der Waals surface area (Å²) in [4.78, 5) is 0. The Morgan fingerprint density at radius 2 is 1.59 bits per heavy atom. The highest BCUT2D eigenvalue weighted by Crippen LogP contribution is 2.39. The first-order valence-electron chi connectivity index (χ1n) is 6.72. The summed E-state index contributed by atoms with van der Waals surface area (Å²) in [6.07, 6.45) is 5.87. The molecule has 1 nitrogen and oxygen atoms in total. The Kier molecular flexibility index (Phi) is 6.01. The largest absolute Gasteiger partial charge is 0.399 e. The van der Waals surface area contributed by atoms with Gasteiger partial charge in [0, 0.05) is 5.70 Å².